The SMILES string of the molecule is CCCn1nccc1C1CCCCC1CNC1CC1. The van der Waals surface area contributed by atoms with Crippen molar-refractivity contribution in [3.63, 3.8) is 0 Å². The van der Waals surface area contributed by atoms with Gasteiger partial charge in [-0.2, -0.15) is 5.10 Å². The van der Waals surface area contributed by atoms with Crippen molar-refractivity contribution >= 4 is 0 Å². The standard InChI is InChI=1S/C16H27N3/c1-2-11-19-16(9-10-18-19)15-6-4-3-5-13(15)12-17-14-7-8-14/h9-10,13-15,17H,2-8,11-12H2,1H3. The normalized spacial score (nSPS) is 27.6. The number of aromatic nitrogens is 2. The first-order chi connectivity index (χ1) is 9.38. The van der Waals surface area contributed by atoms with Gasteiger partial charge >= 0.3 is 0 Å². The second-order valence-electron chi connectivity index (χ2n) is 6.31. The molecular formula is C16H27N3. The number of hydrogen-bond acceptors (Lipinski definition) is 2. The highest BCUT2D eigenvalue weighted by molar-refractivity contribution is 5.11. The molecule has 0 spiro atoms. The van der Waals surface area contributed by atoms with Crippen LogP contribution in [0.15, 0.2) is 12.3 Å². The Morgan fingerprint density at radius 3 is 2.89 bits per heavy atom. The molecular weight excluding hydrogens is 234 g/mol. The van der Waals surface area contributed by atoms with E-state index < -0.39 is 0 Å². The largest absolute Gasteiger partial charge is 0.314 e. The number of hydrogen-bond donors (Lipinski definition) is 1. The molecule has 1 N–H and O–H groups in total. The van der Waals surface area contributed by atoms with E-state index >= 15 is 0 Å². The van der Waals surface area contributed by atoms with Gasteiger partial charge in [0.25, 0.3) is 0 Å². The van der Waals surface area contributed by atoms with Gasteiger partial charge in [0.1, 0.15) is 0 Å². The van der Waals surface area contributed by atoms with E-state index in [9.17, 15) is 0 Å². The molecule has 0 aliphatic heterocycles. The first-order valence-corrected chi connectivity index (χ1v) is 8.13. The van der Waals surface area contributed by atoms with Gasteiger partial charge in [0.2, 0.25) is 0 Å². The minimum absolute atomic E-state index is 0.731. The Labute approximate surface area is 116 Å². The second kappa shape index (κ2) is 6.08. The van der Waals surface area contributed by atoms with Crippen molar-refractivity contribution in [2.24, 2.45) is 5.92 Å². The van der Waals surface area contributed by atoms with Crippen LogP contribution >= 0.6 is 0 Å². The average Bonchev–Trinajstić information content (AvgIpc) is 3.16. The number of rotatable bonds is 6. The molecule has 0 amide bonds. The maximum absolute atomic E-state index is 4.52. The van der Waals surface area contributed by atoms with Crippen LogP contribution in [-0.2, 0) is 6.54 Å². The predicted octanol–water partition coefficient (Wildman–Crippen LogP) is 3.32. The summed E-state index contributed by atoms with van der Waals surface area (Å²) in [7, 11) is 0. The van der Waals surface area contributed by atoms with Gasteiger partial charge in [-0.3, -0.25) is 4.68 Å². The summed E-state index contributed by atoms with van der Waals surface area (Å²) in [5.41, 5.74) is 1.49. The Hall–Kier alpha value is -0.830. The minimum atomic E-state index is 0.731. The number of nitrogens with one attached hydrogen (secondary N) is 1. The van der Waals surface area contributed by atoms with E-state index in [0.717, 1.165) is 24.4 Å². The molecule has 0 bridgehead atoms. The van der Waals surface area contributed by atoms with Gasteiger partial charge in [0.05, 0.1) is 0 Å². The summed E-state index contributed by atoms with van der Waals surface area (Å²) in [6, 6.07) is 3.10. The lowest BCUT2D eigenvalue weighted by Gasteiger charge is -2.32. The summed E-state index contributed by atoms with van der Waals surface area (Å²) in [4.78, 5) is 0. The summed E-state index contributed by atoms with van der Waals surface area (Å²) in [5, 5.41) is 8.26. The zero-order valence-electron chi connectivity index (χ0n) is 12.1. The zero-order chi connectivity index (χ0) is 13.1. The third-order valence-corrected chi connectivity index (χ3v) is 4.72. The molecule has 0 saturated heterocycles. The third-order valence-electron chi connectivity index (χ3n) is 4.72. The fourth-order valence-corrected chi connectivity index (χ4v) is 3.50. The molecule has 1 aromatic rings. The summed E-state index contributed by atoms with van der Waals surface area (Å²) in [6.45, 7) is 4.52. The van der Waals surface area contributed by atoms with Crippen molar-refractivity contribution in [2.45, 2.75) is 70.4 Å². The van der Waals surface area contributed by atoms with Gasteiger partial charge < -0.3 is 5.32 Å². The molecule has 1 aromatic heterocycles. The maximum atomic E-state index is 4.52. The molecule has 2 aliphatic rings. The molecule has 2 unspecified atom stereocenters. The molecule has 1 heterocycles. The molecule has 2 saturated carbocycles. The van der Waals surface area contributed by atoms with Gasteiger partial charge in [-0.1, -0.05) is 19.8 Å². The molecule has 3 heteroatoms. The van der Waals surface area contributed by atoms with Crippen molar-refractivity contribution in [2.75, 3.05) is 6.54 Å². The first kappa shape index (κ1) is 13.2. The van der Waals surface area contributed by atoms with E-state index in [1.165, 1.54) is 57.2 Å². The third kappa shape index (κ3) is 3.19. The summed E-state index contributed by atoms with van der Waals surface area (Å²) < 4.78 is 2.25. The second-order valence-corrected chi connectivity index (χ2v) is 6.31. The molecule has 106 valence electrons. The zero-order valence-corrected chi connectivity index (χ0v) is 12.1. The fraction of sp³-hybridized carbons (Fsp3) is 0.812. The Kier molecular flexibility index (Phi) is 4.21. The van der Waals surface area contributed by atoms with Crippen LogP contribution in [0.25, 0.3) is 0 Å². The van der Waals surface area contributed by atoms with Crippen LogP contribution in [0, 0.1) is 5.92 Å². The average molecular weight is 261 g/mol. The van der Waals surface area contributed by atoms with Crippen molar-refractivity contribution in [3.05, 3.63) is 18.0 Å². The van der Waals surface area contributed by atoms with Crippen LogP contribution in [0.1, 0.15) is 63.5 Å². The smallest absolute Gasteiger partial charge is 0.0492 e. The van der Waals surface area contributed by atoms with Crippen molar-refractivity contribution in [3.8, 4) is 0 Å². The van der Waals surface area contributed by atoms with Crippen LogP contribution in [0.4, 0.5) is 0 Å². The van der Waals surface area contributed by atoms with Gasteiger partial charge in [-0.15, -0.1) is 0 Å². The van der Waals surface area contributed by atoms with Crippen LogP contribution in [-0.4, -0.2) is 22.4 Å². The number of aryl methyl sites for hydroxylation is 1. The van der Waals surface area contributed by atoms with E-state index in [0.29, 0.717) is 0 Å². The molecule has 2 aliphatic carbocycles. The highest BCUT2D eigenvalue weighted by Crippen LogP contribution is 2.37. The Bertz CT molecular complexity index is 394. The van der Waals surface area contributed by atoms with Gasteiger partial charge in [0, 0.05) is 30.4 Å². The molecule has 3 rings (SSSR count). The van der Waals surface area contributed by atoms with Crippen molar-refractivity contribution < 1.29 is 0 Å². The predicted molar refractivity (Wildman–Crippen MR) is 78.2 cm³/mol. The van der Waals surface area contributed by atoms with E-state index in [1.807, 2.05) is 6.20 Å². The molecule has 0 aromatic carbocycles. The Morgan fingerprint density at radius 2 is 2.11 bits per heavy atom. The van der Waals surface area contributed by atoms with Gasteiger partial charge in [-0.25, -0.2) is 0 Å². The molecule has 3 nitrogen and oxygen atoms in total. The molecule has 19 heavy (non-hydrogen) atoms. The van der Waals surface area contributed by atoms with E-state index in [2.05, 4.69) is 28.1 Å². The van der Waals surface area contributed by atoms with Crippen molar-refractivity contribution in [1.29, 1.82) is 0 Å². The highest BCUT2D eigenvalue weighted by atomic mass is 15.3. The molecule has 2 atom stereocenters. The van der Waals surface area contributed by atoms with Crippen LogP contribution in [0.2, 0.25) is 0 Å². The minimum Gasteiger partial charge on any atom is -0.314 e. The summed E-state index contributed by atoms with van der Waals surface area (Å²) >= 11 is 0. The van der Waals surface area contributed by atoms with Crippen LogP contribution < -0.4 is 5.32 Å². The lowest BCUT2D eigenvalue weighted by molar-refractivity contribution is 0.282. The van der Waals surface area contributed by atoms with E-state index in [-0.39, 0.29) is 0 Å². The van der Waals surface area contributed by atoms with Gasteiger partial charge in [-0.05, 0) is 50.6 Å². The highest BCUT2D eigenvalue weighted by Gasteiger charge is 2.30. The monoisotopic (exact) mass is 261 g/mol. The lowest BCUT2D eigenvalue weighted by atomic mass is 9.77. The topological polar surface area (TPSA) is 29.9 Å². The first-order valence-electron chi connectivity index (χ1n) is 8.13. The Balaban J connectivity index is 1.68. The number of nitrogens with zero attached hydrogens (tertiary/aromatic N) is 2. The maximum Gasteiger partial charge on any atom is 0.0492 e. The lowest BCUT2D eigenvalue weighted by Crippen LogP contribution is -2.31. The molecule has 0 radical (unpaired) electrons. The summed E-state index contributed by atoms with van der Waals surface area (Å²) in [5.74, 6) is 1.55. The van der Waals surface area contributed by atoms with E-state index in [1.54, 1.807) is 0 Å². The van der Waals surface area contributed by atoms with E-state index in [4.69, 9.17) is 0 Å². The summed E-state index contributed by atoms with van der Waals surface area (Å²) in [6.07, 6.45) is 11.5. The van der Waals surface area contributed by atoms with Gasteiger partial charge in [0.15, 0.2) is 0 Å². The van der Waals surface area contributed by atoms with Crippen molar-refractivity contribution in [1.82, 2.24) is 15.1 Å². The Morgan fingerprint density at radius 1 is 1.26 bits per heavy atom. The van der Waals surface area contributed by atoms with Crippen LogP contribution in [0.5, 0.6) is 0 Å². The van der Waals surface area contributed by atoms with Crippen LogP contribution in [0.3, 0.4) is 0 Å². The fourth-order valence-electron chi connectivity index (χ4n) is 3.50. The molecule has 2 fully saturated rings. The quantitative estimate of drug-likeness (QED) is 0.851.